The number of nitrogens with zero attached hydrogens (tertiary/aromatic N) is 3. The third kappa shape index (κ3) is 5.27. The number of ether oxygens (including phenoxy) is 1. The topological polar surface area (TPSA) is 98.1 Å². The van der Waals surface area contributed by atoms with Gasteiger partial charge in [-0.05, 0) is 36.2 Å². The lowest BCUT2D eigenvalue weighted by molar-refractivity contribution is -0.132. The molecule has 0 radical (unpaired) electrons. The van der Waals surface area contributed by atoms with E-state index in [0.29, 0.717) is 18.7 Å². The van der Waals surface area contributed by atoms with Crippen molar-refractivity contribution in [3.8, 4) is 5.75 Å². The largest absolute Gasteiger partial charge is 0.481 e. The average Bonchev–Trinajstić information content (AvgIpc) is 3.19. The van der Waals surface area contributed by atoms with Crippen LogP contribution in [-0.4, -0.2) is 32.7 Å². The van der Waals surface area contributed by atoms with Crippen LogP contribution in [0.15, 0.2) is 55.1 Å². The van der Waals surface area contributed by atoms with Gasteiger partial charge in [0.1, 0.15) is 18.4 Å². The van der Waals surface area contributed by atoms with Crippen molar-refractivity contribution in [1.82, 2.24) is 25.6 Å². The molecular formula is C19H21N5O3. The summed E-state index contributed by atoms with van der Waals surface area (Å²) in [6.45, 7) is 2.21. The van der Waals surface area contributed by atoms with Gasteiger partial charge < -0.3 is 4.74 Å². The molecule has 0 bridgehead atoms. The monoisotopic (exact) mass is 367 g/mol. The van der Waals surface area contributed by atoms with Crippen molar-refractivity contribution in [2.75, 3.05) is 0 Å². The highest BCUT2D eigenvalue weighted by Gasteiger charge is 2.15. The molecule has 1 atom stereocenters. The third-order valence-corrected chi connectivity index (χ3v) is 3.99. The summed E-state index contributed by atoms with van der Waals surface area (Å²) in [5.74, 6) is -0.107. The third-order valence-electron chi connectivity index (χ3n) is 3.99. The van der Waals surface area contributed by atoms with Gasteiger partial charge >= 0.3 is 0 Å². The molecule has 2 N–H and O–H groups in total. The maximum atomic E-state index is 12.1. The van der Waals surface area contributed by atoms with Gasteiger partial charge in [-0.2, -0.15) is 5.10 Å². The molecular weight excluding hydrogens is 346 g/mol. The fourth-order valence-electron chi connectivity index (χ4n) is 2.54. The summed E-state index contributed by atoms with van der Waals surface area (Å²) in [5.41, 5.74) is 4.78. The number of aryl methyl sites for hydroxylation is 1. The second-order valence-electron chi connectivity index (χ2n) is 6.07. The molecule has 2 aromatic carbocycles. The Labute approximate surface area is 156 Å². The quantitative estimate of drug-likeness (QED) is 0.621. The number of carbonyl (C=O) groups is 2. The molecule has 2 amide bonds. The Morgan fingerprint density at radius 2 is 1.96 bits per heavy atom. The highest BCUT2D eigenvalue weighted by atomic mass is 16.5. The molecule has 0 fully saturated rings. The molecule has 3 rings (SSSR count). The minimum absolute atomic E-state index is 0.264. The van der Waals surface area contributed by atoms with Gasteiger partial charge in [0.05, 0.1) is 0 Å². The van der Waals surface area contributed by atoms with E-state index >= 15 is 0 Å². The smallest absolute Gasteiger partial charge is 0.279 e. The van der Waals surface area contributed by atoms with Crippen molar-refractivity contribution in [1.29, 1.82) is 0 Å². The summed E-state index contributed by atoms with van der Waals surface area (Å²) in [6.07, 6.45) is 3.14. The molecule has 1 heterocycles. The summed E-state index contributed by atoms with van der Waals surface area (Å²) in [7, 11) is 0. The first kappa shape index (κ1) is 18.4. The van der Waals surface area contributed by atoms with Crippen LogP contribution in [0.3, 0.4) is 0 Å². The second kappa shape index (κ2) is 8.79. The molecule has 0 saturated carbocycles. The van der Waals surface area contributed by atoms with E-state index in [4.69, 9.17) is 4.74 Å². The summed E-state index contributed by atoms with van der Waals surface area (Å²) >= 11 is 0. The Morgan fingerprint density at radius 1 is 1.15 bits per heavy atom. The molecule has 27 heavy (non-hydrogen) atoms. The van der Waals surface area contributed by atoms with E-state index in [1.165, 1.54) is 6.33 Å². The molecule has 1 unspecified atom stereocenters. The van der Waals surface area contributed by atoms with Crippen LogP contribution in [0, 0.1) is 0 Å². The highest BCUT2D eigenvalue weighted by Crippen LogP contribution is 2.21. The Balaban J connectivity index is 1.42. The zero-order valence-electron chi connectivity index (χ0n) is 15.0. The number of hydrogen-bond donors (Lipinski definition) is 2. The molecule has 8 heteroatoms. The normalized spacial score (nSPS) is 11.7. The van der Waals surface area contributed by atoms with Crippen LogP contribution >= 0.6 is 0 Å². The molecule has 0 aliphatic heterocycles. The van der Waals surface area contributed by atoms with Crippen molar-refractivity contribution in [2.24, 2.45) is 0 Å². The van der Waals surface area contributed by atoms with Crippen LogP contribution in [0.5, 0.6) is 5.75 Å². The predicted molar refractivity (Wildman–Crippen MR) is 99.6 cm³/mol. The Morgan fingerprint density at radius 3 is 2.74 bits per heavy atom. The molecule has 0 aliphatic rings. The van der Waals surface area contributed by atoms with Crippen molar-refractivity contribution in [3.63, 3.8) is 0 Å². The zero-order chi connectivity index (χ0) is 19.1. The van der Waals surface area contributed by atoms with E-state index in [2.05, 4.69) is 20.9 Å². The van der Waals surface area contributed by atoms with Crippen LogP contribution in [0.25, 0.3) is 10.8 Å². The van der Waals surface area contributed by atoms with Gasteiger partial charge in [-0.15, -0.1) is 0 Å². The number of rotatable bonds is 7. The molecule has 8 nitrogen and oxygen atoms in total. The van der Waals surface area contributed by atoms with Gasteiger partial charge in [-0.25, -0.2) is 4.98 Å². The maximum Gasteiger partial charge on any atom is 0.279 e. The lowest BCUT2D eigenvalue weighted by atomic mass is 10.1. The van der Waals surface area contributed by atoms with E-state index in [9.17, 15) is 9.59 Å². The SMILES string of the molecule is CC(Oc1ccc2ccccc2c1)C(=O)NNC(=O)CCCn1cncn1. The standard InChI is InChI=1S/C19H21N5O3/c1-14(27-17-9-8-15-5-2-3-6-16(15)11-17)19(26)23-22-18(25)7-4-10-24-13-20-12-21-24/h2-3,5-6,8-9,11-14H,4,7,10H2,1H3,(H,22,25)(H,23,26). The average molecular weight is 367 g/mol. The van der Waals surface area contributed by atoms with Gasteiger partial charge in [0.15, 0.2) is 6.10 Å². The minimum Gasteiger partial charge on any atom is -0.481 e. The number of carbonyl (C=O) groups excluding carboxylic acids is 2. The maximum absolute atomic E-state index is 12.1. The Hall–Kier alpha value is -3.42. The van der Waals surface area contributed by atoms with Crippen molar-refractivity contribution in [3.05, 3.63) is 55.1 Å². The molecule has 0 saturated heterocycles. The van der Waals surface area contributed by atoms with E-state index in [-0.39, 0.29) is 12.3 Å². The van der Waals surface area contributed by atoms with Gasteiger partial charge in [-0.3, -0.25) is 25.1 Å². The fraction of sp³-hybridized carbons (Fsp3) is 0.263. The van der Waals surface area contributed by atoms with Crippen LogP contribution in [0.1, 0.15) is 19.8 Å². The Kier molecular flexibility index (Phi) is 5.98. The van der Waals surface area contributed by atoms with Crippen molar-refractivity contribution < 1.29 is 14.3 Å². The predicted octanol–water partition coefficient (Wildman–Crippen LogP) is 1.83. The summed E-state index contributed by atoms with van der Waals surface area (Å²) in [5, 5.41) is 6.09. The number of amides is 2. The summed E-state index contributed by atoms with van der Waals surface area (Å²) in [4.78, 5) is 27.7. The van der Waals surface area contributed by atoms with Crippen LogP contribution in [0.4, 0.5) is 0 Å². The number of nitrogens with one attached hydrogen (secondary N) is 2. The van der Waals surface area contributed by atoms with E-state index in [1.54, 1.807) is 17.9 Å². The fourth-order valence-corrected chi connectivity index (χ4v) is 2.54. The van der Waals surface area contributed by atoms with E-state index in [1.807, 2.05) is 42.5 Å². The highest BCUT2D eigenvalue weighted by molar-refractivity contribution is 5.85. The molecule has 0 spiro atoms. The number of benzene rings is 2. The molecule has 1 aromatic heterocycles. The molecule has 140 valence electrons. The van der Waals surface area contributed by atoms with Crippen molar-refractivity contribution in [2.45, 2.75) is 32.4 Å². The van der Waals surface area contributed by atoms with Crippen LogP contribution < -0.4 is 15.6 Å². The van der Waals surface area contributed by atoms with Crippen LogP contribution in [-0.2, 0) is 16.1 Å². The lowest BCUT2D eigenvalue weighted by Gasteiger charge is -2.15. The molecule has 0 aliphatic carbocycles. The first-order chi connectivity index (χ1) is 13.1. The summed E-state index contributed by atoms with van der Waals surface area (Å²) < 4.78 is 7.31. The Bertz CT molecular complexity index is 911. The van der Waals surface area contributed by atoms with E-state index < -0.39 is 12.0 Å². The number of hydrazine groups is 1. The molecule has 3 aromatic rings. The number of aromatic nitrogens is 3. The summed E-state index contributed by atoms with van der Waals surface area (Å²) in [6, 6.07) is 13.5. The van der Waals surface area contributed by atoms with E-state index in [0.717, 1.165) is 10.8 Å². The van der Waals surface area contributed by atoms with Gasteiger partial charge in [-0.1, -0.05) is 30.3 Å². The lowest BCUT2D eigenvalue weighted by Crippen LogP contribution is -2.47. The van der Waals surface area contributed by atoms with Crippen LogP contribution in [0.2, 0.25) is 0 Å². The van der Waals surface area contributed by atoms with Crippen molar-refractivity contribution >= 4 is 22.6 Å². The van der Waals surface area contributed by atoms with Gasteiger partial charge in [0, 0.05) is 13.0 Å². The minimum atomic E-state index is -0.749. The van der Waals surface area contributed by atoms with Gasteiger partial charge in [0.25, 0.3) is 5.91 Å². The zero-order valence-corrected chi connectivity index (χ0v) is 15.0. The number of hydrogen-bond acceptors (Lipinski definition) is 5. The first-order valence-electron chi connectivity index (χ1n) is 8.68. The van der Waals surface area contributed by atoms with Gasteiger partial charge in [0.2, 0.25) is 5.91 Å². The number of fused-ring (bicyclic) bond motifs is 1. The second-order valence-corrected chi connectivity index (χ2v) is 6.07. The first-order valence-corrected chi connectivity index (χ1v) is 8.68.